The van der Waals surface area contributed by atoms with Gasteiger partial charge in [-0.1, -0.05) is 24.3 Å². The topological polar surface area (TPSA) is 58.3 Å². The van der Waals surface area contributed by atoms with Gasteiger partial charge in [0.15, 0.2) is 0 Å². The van der Waals surface area contributed by atoms with E-state index in [0.29, 0.717) is 12.6 Å². The van der Waals surface area contributed by atoms with E-state index in [-0.39, 0.29) is 12.6 Å². The lowest BCUT2D eigenvalue weighted by molar-refractivity contribution is 0.274. The normalized spacial score (nSPS) is 14.6. The first-order valence-corrected chi connectivity index (χ1v) is 6.31. The van der Waals surface area contributed by atoms with Crippen molar-refractivity contribution in [2.75, 3.05) is 13.2 Å². The van der Waals surface area contributed by atoms with Crippen LogP contribution in [0.3, 0.4) is 0 Å². The van der Waals surface area contributed by atoms with Gasteiger partial charge in [0.25, 0.3) is 0 Å². The van der Waals surface area contributed by atoms with Crippen molar-refractivity contribution in [2.24, 2.45) is 5.73 Å². The first kappa shape index (κ1) is 14.2. The number of aliphatic hydroxyl groups excluding tert-OH is 1. The number of hydrogen-bond donors (Lipinski definition) is 3. The fourth-order valence-corrected chi connectivity index (χ4v) is 2.09. The van der Waals surface area contributed by atoms with E-state index >= 15 is 0 Å². The van der Waals surface area contributed by atoms with Gasteiger partial charge in [0.1, 0.15) is 0 Å². The fraction of sp³-hybridized carbons (Fsp3) is 0.571. The average molecular weight is 236 g/mol. The molecule has 0 spiro atoms. The van der Waals surface area contributed by atoms with Crippen LogP contribution in [-0.4, -0.2) is 24.3 Å². The second kappa shape index (κ2) is 7.43. The molecule has 0 aliphatic heterocycles. The van der Waals surface area contributed by atoms with E-state index in [4.69, 9.17) is 10.8 Å². The summed E-state index contributed by atoms with van der Waals surface area (Å²) in [5, 5.41) is 12.3. The smallest absolute Gasteiger partial charge is 0.0449 e. The molecule has 0 fully saturated rings. The summed E-state index contributed by atoms with van der Waals surface area (Å²) >= 11 is 0. The largest absolute Gasteiger partial charge is 0.396 e. The van der Waals surface area contributed by atoms with E-state index in [1.165, 1.54) is 11.1 Å². The molecule has 0 aliphatic carbocycles. The minimum Gasteiger partial charge on any atom is -0.396 e. The van der Waals surface area contributed by atoms with Gasteiger partial charge in [-0.05, 0) is 37.8 Å². The van der Waals surface area contributed by atoms with Crippen molar-refractivity contribution in [2.45, 2.75) is 38.8 Å². The van der Waals surface area contributed by atoms with E-state index in [2.05, 4.69) is 31.3 Å². The van der Waals surface area contributed by atoms with E-state index in [1.807, 2.05) is 12.1 Å². The zero-order chi connectivity index (χ0) is 12.7. The highest BCUT2D eigenvalue weighted by molar-refractivity contribution is 5.29. The van der Waals surface area contributed by atoms with Crippen LogP contribution in [0.4, 0.5) is 0 Å². The van der Waals surface area contributed by atoms with Gasteiger partial charge in [-0.15, -0.1) is 0 Å². The van der Waals surface area contributed by atoms with Gasteiger partial charge < -0.3 is 16.2 Å². The predicted octanol–water partition coefficient (Wildman–Crippen LogP) is 1.75. The summed E-state index contributed by atoms with van der Waals surface area (Å²) in [6.45, 7) is 5.09. The van der Waals surface area contributed by atoms with Gasteiger partial charge in [-0.25, -0.2) is 0 Å². The Labute approximate surface area is 104 Å². The van der Waals surface area contributed by atoms with Crippen molar-refractivity contribution in [3.63, 3.8) is 0 Å². The summed E-state index contributed by atoms with van der Waals surface area (Å²) in [7, 11) is 0. The highest BCUT2D eigenvalue weighted by Gasteiger charge is 2.13. The Morgan fingerprint density at radius 2 is 2.06 bits per heavy atom. The van der Waals surface area contributed by atoms with Crippen LogP contribution in [0.1, 0.15) is 36.9 Å². The maximum absolute atomic E-state index is 8.82. The van der Waals surface area contributed by atoms with Crippen LogP contribution in [0.15, 0.2) is 24.3 Å². The highest BCUT2D eigenvalue weighted by atomic mass is 16.2. The van der Waals surface area contributed by atoms with Crippen molar-refractivity contribution in [3.05, 3.63) is 35.4 Å². The summed E-state index contributed by atoms with van der Waals surface area (Å²) in [6.07, 6.45) is 1.80. The summed E-state index contributed by atoms with van der Waals surface area (Å²) in [4.78, 5) is 0. The van der Waals surface area contributed by atoms with Crippen molar-refractivity contribution in [3.8, 4) is 0 Å². The van der Waals surface area contributed by atoms with E-state index in [9.17, 15) is 0 Å². The highest BCUT2D eigenvalue weighted by Crippen LogP contribution is 2.17. The Kier molecular flexibility index (Phi) is 6.19. The van der Waals surface area contributed by atoms with Crippen molar-refractivity contribution in [1.29, 1.82) is 0 Å². The standard InChI is InChI=1S/C14H24N2O/c1-11-6-3-4-8-13(11)14(10-15)16-12(2)7-5-9-17/h3-4,6,8,12,14,16-17H,5,7,9-10,15H2,1-2H3. The van der Waals surface area contributed by atoms with Crippen LogP contribution in [0.2, 0.25) is 0 Å². The molecule has 2 atom stereocenters. The number of hydrogen-bond acceptors (Lipinski definition) is 3. The second-order valence-corrected chi connectivity index (χ2v) is 4.58. The first-order valence-electron chi connectivity index (χ1n) is 6.31. The van der Waals surface area contributed by atoms with Crippen LogP contribution in [0, 0.1) is 6.92 Å². The molecule has 1 rings (SSSR count). The third kappa shape index (κ3) is 4.46. The monoisotopic (exact) mass is 236 g/mol. The molecule has 1 aromatic rings. The molecule has 3 nitrogen and oxygen atoms in total. The molecule has 96 valence electrons. The number of nitrogens with two attached hydrogens (primary N) is 1. The molecule has 1 aromatic carbocycles. The summed E-state index contributed by atoms with van der Waals surface area (Å²) < 4.78 is 0. The van der Waals surface area contributed by atoms with E-state index < -0.39 is 0 Å². The average Bonchev–Trinajstić information content (AvgIpc) is 2.34. The van der Waals surface area contributed by atoms with Crippen LogP contribution in [-0.2, 0) is 0 Å². The third-order valence-electron chi connectivity index (χ3n) is 3.08. The van der Waals surface area contributed by atoms with Crippen LogP contribution in [0.5, 0.6) is 0 Å². The molecule has 0 radical (unpaired) electrons. The quantitative estimate of drug-likeness (QED) is 0.676. The fourth-order valence-electron chi connectivity index (χ4n) is 2.09. The Hall–Kier alpha value is -0.900. The predicted molar refractivity (Wildman–Crippen MR) is 71.9 cm³/mol. The molecule has 0 saturated carbocycles. The van der Waals surface area contributed by atoms with Crippen LogP contribution < -0.4 is 11.1 Å². The number of aryl methyl sites for hydroxylation is 1. The number of rotatable bonds is 7. The molecule has 0 heterocycles. The minimum absolute atomic E-state index is 0.199. The molecule has 4 N–H and O–H groups in total. The molecule has 0 aromatic heterocycles. The Morgan fingerprint density at radius 3 is 2.65 bits per heavy atom. The lowest BCUT2D eigenvalue weighted by Gasteiger charge is -2.23. The third-order valence-corrected chi connectivity index (χ3v) is 3.08. The Morgan fingerprint density at radius 1 is 1.35 bits per heavy atom. The van der Waals surface area contributed by atoms with Crippen molar-refractivity contribution in [1.82, 2.24) is 5.32 Å². The van der Waals surface area contributed by atoms with Gasteiger partial charge in [0, 0.05) is 25.2 Å². The second-order valence-electron chi connectivity index (χ2n) is 4.58. The zero-order valence-corrected chi connectivity index (χ0v) is 10.8. The first-order chi connectivity index (χ1) is 8.19. The van der Waals surface area contributed by atoms with Crippen molar-refractivity contribution >= 4 is 0 Å². The molecule has 0 aliphatic rings. The lowest BCUT2D eigenvalue weighted by Crippen LogP contribution is -2.35. The van der Waals surface area contributed by atoms with Gasteiger partial charge in [0.2, 0.25) is 0 Å². The minimum atomic E-state index is 0.199. The van der Waals surface area contributed by atoms with Gasteiger partial charge in [-0.2, -0.15) is 0 Å². The van der Waals surface area contributed by atoms with Gasteiger partial charge in [0.05, 0.1) is 0 Å². The Balaban J connectivity index is 2.62. The zero-order valence-electron chi connectivity index (χ0n) is 10.8. The summed E-state index contributed by atoms with van der Waals surface area (Å²) in [5.74, 6) is 0. The summed E-state index contributed by atoms with van der Waals surface area (Å²) in [6, 6.07) is 8.89. The molecular weight excluding hydrogens is 212 g/mol. The van der Waals surface area contributed by atoms with Crippen LogP contribution in [0.25, 0.3) is 0 Å². The number of benzene rings is 1. The molecule has 0 amide bonds. The number of aliphatic hydroxyl groups is 1. The molecule has 0 saturated heterocycles. The molecule has 2 unspecified atom stereocenters. The van der Waals surface area contributed by atoms with E-state index in [1.54, 1.807) is 0 Å². The SMILES string of the molecule is Cc1ccccc1C(CN)NC(C)CCCO. The van der Waals surface area contributed by atoms with Gasteiger partial charge in [-0.3, -0.25) is 0 Å². The molecule has 17 heavy (non-hydrogen) atoms. The number of nitrogens with one attached hydrogen (secondary N) is 1. The van der Waals surface area contributed by atoms with Crippen LogP contribution >= 0.6 is 0 Å². The van der Waals surface area contributed by atoms with Crippen molar-refractivity contribution < 1.29 is 5.11 Å². The van der Waals surface area contributed by atoms with Gasteiger partial charge >= 0.3 is 0 Å². The molecule has 0 bridgehead atoms. The summed E-state index contributed by atoms with van der Waals surface area (Å²) in [5.41, 5.74) is 8.38. The van der Waals surface area contributed by atoms with E-state index in [0.717, 1.165) is 12.8 Å². The molecular formula is C14H24N2O. The Bertz CT molecular complexity index is 328. The lowest BCUT2D eigenvalue weighted by atomic mass is 10.00. The maximum atomic E-state index is 8.82. The maximum Gasteiger partial charge on any atom is 0.0449 e. The molecule has 3 heteroatoms.